The van der Waals surface area contributed by atoms with Gasteiger partial charge in [0, 0.05) is 32.0 Å². The molecule has 0 saturated carbocycles. The third-order valence-electron chi connectivity index (χ3n) is 2.04. The molecule has 0 aromatic rings. The van der Waals surface area contributed by atoms with Crippen LogP contribution in [-0.4, -0.2) is 35.8 Å². The van der Waals surface area contributed by atoms with Gasteiger partial charge < -0.3 is 8.85 Å². The molecule has 0 spiro atoms. The highest BCUT2D eigenvalue weighted by molar-refractivity contribution is 6.46. The molecule has 4 heteroatoms. The molecule has 0 aromatic carbocycles. The van der Waals surface area contributed by atoms with Crippen molar-refractivity contribution in [2.24, 2.45) is 10.9 Å². The first-order valence-electron chi connectivity index (χ1n) is 5.69. The van der Waals surface area contributed by atoms with E-state index in [2.05, 4.69) is 25.8 Å². The van der Waals surface area contributed by atoms with Crippen LogP contribution in [0.5, 0.6) is 0 Å². The minimum absolute atomic E-state index is 0.454. The number of hydrogen-bond acceptors (Lipinski definition) is 3. The molecule has 0 heterocycles. The van der Waals surface area contributed by atoms with Gasteiger partial charge in [-0.3, -0.25) is 4.99 Å². The summed E-state index contributed by atoms with van der Waals surface area (Å²) in [6.45, 7) is 10.00. The van der Waals surface area contributed by atoms with E-state index in [4.69, 9.17) is 8.85 Å². The molecule has 89 valence electrons. The molecule has 0 N–H and O–H groups in total. The van der Waals surface area contributed by atoms with Crippen LogP contribution in [0.1, 0.15) is 34.1 Å². The molecule has 15 heavy (non-hydrogen) atoms. The second kappa shape index (κ2) is 9.06. The van der Waals surface area contributed by atoms with E-state index in [0.29, 0.717) is 11.5 Å². The van der Waals surface area contributed by atoms with Crippen molar-refractivity contribution in [3.8, 4) is 0 Å². The number of hydrogen-bond donors (Lipinski definition) is 0. The fourth-order valence-corrected chi connectivity index (χ4v) is 2.81. The fraction of sp³-hybridized carbons (Fsp3) is 0.909. The highest BCUT2D eigenvalue weighted by Crippen LogP contribution is 2.17. The van der Waals surface area contributed by atoms with Gasteiger partial charge in [0.1, 0.15) is 0 Å². The molecule has 0 bridgehead atoms. The Morgan fingerprint density at radius 2 is 2.00 bits per heavy atom. The SMILES string of the molecule is CCO[Si](OC)C(CC)CN=CC(C)C. The van der Waals surface area contributed by atoms with Crippen molar-refractivity contribution in [2.75, 3.05) is 20.3 Å². The van der Waals surface area contributed by atoms with E-state index in [1.54, 1.807) is 7.11 Å². The van der Waals surface area contributed by atoms with Gasteiger partial charge in [-0.25, -0.2) is 0 Å². The van der Waals surface area contributed by atoms with Crippen LogP contribution >= 0.6 is 0 Å². The Kier molecular flexibility index (Phi) is 8.95. The van der Waals surface area contributed by atoms with Gasteiger partial charge in [-0.15, -0.1) is 0 Å². The molecule has 1 atom stereocenters. The molecule has 0 aliphatic rings. The summed E-state index contributed by atoms with van der Waals surface area (Å²) in [4.78, 5) is 4.43. The van der Waals surface area contributed by atoms with Gasteiger partial charge in [0.2, 0.25) is 0 Å². The number of nitrogens with zero attached hydrogens (tertiary/aromatic N) is 1. The van der Waals surface area contributed by atoms with E-state index >= 15 is 0 Å². The molecule has 0 rings (SSSR count). The van der Waals surface area contributed by atoms with E-state index < -0.39 is 9.28 Å². The molecule has 0 aliphatic carbocycles. The third kappa shape index (κ3) is 6.81. The van der Waals surface area contributed by atoms with Crippen LogP contribution in [0.3, 0.4) is 0 Å². The highest BCUT2D eigenvalue weighted by Gasteiger charge is 2.24. The zero-order valence-corrected chi connectivity index (χ0v) is 11.6. The van der Waals surface area contributed by atoms with Gasteiger partial charge in [0.15, 0.2) is 0 Å². The first kappa shape index (κ1) is 14.8. The summed E-state index contributed by atoms with van der Waals surface area (Å²) >= 11 is 0. The van der Waals surface area contributed by atoms with Crippen LogP contribution in [0.15, 0.2) is 4.99 Å². The molecular weight excluding hydrogens is 206 g/mol. The average molecular weight is 230 g/mol. The fourth-order valence-electron chi connectivity index (χ4n) is 1.25. The first-order chi connectivity index (χ1) is 7.15. The van der Waals surface area contributed by atoms with Crippen LogP contribution in [0.2, 0.25) is 5.54 Å². The van der Waals surface area contributed by atoms with E-state index in [0.717, 1.165) is 19.6 Å². The Morgan fingerprint density at radius 1 is 1.33 bits per heavy atom. The zero-order valence-electron chi connectivity index (χ0n) is 10.6. The predicted octanol–water partition coefficient (Wildman–Crippen LogP) is 2.66. The lowest BCUT2D eigenvalue weighted by Gasteiger charge is -2.19. The van der Waals surface area contributed by atoms with Crippen molar-refractivity contribution in [3.05, 3.63) is 0 Å². The average Bonchev–Trinajstić information content (AvgIpc) is 2.21. The summed E-state index contributed by atoms with van der Waals surface area (Å²) in [7, 11) is 0.599. The van der Waals surface area contributed by atoms with Gasteiger partial charge in [-0.2, -0.15) is 0 Å². The summed E-state index contributed by atoms with van der Waals surface area (Å²) < 4.78 is 11.0. The minimum Gasteiger partial charge on any atom is -0.397 e. The lowest BCUT2D eigenvalue weighted by Crippen LogP contribution is -2.29. The Bertz CT molecular complexity index is 174. The van der Waals surface area contributed by atoms with Crippen molar-refractivity contribution in [3.63, 3.8) is 0 Å². The summed E-state index contributed by atoms with van der Waals surface area (Å²) in [5.41, 5.74) is 0.454. The van der Waals surface area contributed by atoms with Gasteiger partial charge in [0.05, 0.1) is 0 Å². The van der Waals surface area contributed by atoms with Gasteiger partial charge in [0.25, 0.3) is 0 Å². The Labute approximate surface area is 95.7 Å². The number of rotatable bonds is 8. The van der Waals surface area contributed by atoms with E-state index in [9.17, 15) is 0 Å². The zero-order chi connectivity index (χ0) is 11.7. The second-order valence-electron chi connectivity index (χ2n) is 3.82. The molecular formula is C11H24NO2Si. The molecule has 0 aromatic heterocycles. The predicted molar refractivity (Wildman–Crippen MR) is 66.6 cm³/mol. The van der Waals surface area contributed by atoms with Crippen LogP contribution in [0.25, 0.3) is 0 Å². The monoisotopic (exact) mass is 230 g/mol. The van der Waals surface area contributed by atoms with Crippen molar-refractivity contribution in [1.29, 1.82) is 0 Å². The maximum atomic E-state index is 5.61. The summed E-state index contributed by atoms with van der Waals surface area (Å²) in [6, 6.07) is 0. The second-order valence-corrected chi connectivity index (χ2v) is 5.97. The Hall–Kier alpha value is -0.193. The standard InChI is InChI=1S/C11H24NO2Si/c1-6-11(9-12-8-10(3)4)15(13-5)14-7-2/h8,10-11H,6-7,9H2,1-5H3. The van der Waals surface area contributed by atoms with Crippen LogP contribution in [-0.2, 0) is 8.85 Å². The van der Waals surface area contributed by atoms with E-state index in [1.165, 1.54) is 0 Å². The van der Waals surface area contributed by atoms with Crippen LogP contribution < -0.4 is 0 Å². The molecule has 0 saturated heterocycles. The van der Waals surface area contributed by atoms with Gasteiger partial charge >= 0.3 is 9.28 Å². The van der Waals surface area contributed by atoms with Gasteiger partial charge in [-0.1, -0.05) is 20.8 Å². The van der Waals surface area contributed by atoms with Crippen LogP contribution in [0.4, 0.5) is 0 Å². The highest BCUT2D eigenvalue weighted by atomic mass is 28.3. The maximum Gasteiger partial charge on any atom is 0.389 e. The van der Waals surface area contributed by atoms with Crippen molar-refractivity contribution in [1.82, 2.24) is 0 Å². The smallest absolute Gasteiger partial charge is 0.389 e. The summed E-state index contributed by atoms with van der Waals surface area (Å²) in [5.74, 6) is 0.521. The molecule has 0 amide bonds. The minimum atomic E-state index is -1.14. The van der Waals surface area contributed by atoms with Crippen molar-refractivity contribution < 1.29 is 8.85 Å². The van der Waals surface area contributed by atoms with Crippen molar-refractivity contribution in [2.45, 2.75) is 39.7 Å². The Balaban J connectivity index is 4.08. The largest absolute Gasteiger partial charge is 0.397 e. The molecule has 3 nitrogen and oxygen atoms in total. The molecule has 1 unspecified atom stereocenters. The van der Waals surface area contributed by atoms with Crippen molar-refractivity contribution >= 4 is 15.5 Å². The maximum absolute atomic E-state index is 5.61. The number of aliphatic imine (C=N–C) groups is 1. The first-order valence-corrected chi connectivity index (χ1v) is 7.08. The summed E-state index contributed by atoms with van der Waals surface area (Å²) in [6.07, 6.45) is 3.07. The summed E-state index contributed by atoms with van der Waals surface area (Å²) in [5, 5.41) is 0. The van der Waals surface area contributed by atoms with Crippen LogP contribution in [0, 0.1) is 5.92 Å². The topological polar surface area (TPSA) is 30.8 Å². The molecule has 0 aliphatic heterocycles. The quantitative estimate of drug-likeness (QED) is 0.474. The van der Waals surface area contributed by atoms with Gasteiger partial charge in [-0.05, 0) is 19.3 Å². The van der Waals surface area contributed by atoms with E-state index in [-0.39, 0.29) is 0 Å². The lowest BCUT2D eigenvalue weighted by molar-refractivity contribution is 0.229. The lowest BCUT2D eigenvalue weighted by atomic mass is 10.2. The molecule has 0 fully saturated rings. The third-order valence-corrected chi connectivity index (χ3v) is 4.28. The molecule has 1 radical (unpaired) electrons. The Morgan fingerprint density at radius 3 is 2.40 bits per heavy atom. The normalized spacial score (nSPS) is 14.3. The van der Waals surface area contributed by atoms with E-state index in [1.807, 2.05) is 13.1 Å².